The smallest absolute Gasteiger partial charge is 0.285 e. The van der Waals surface area contributed by atoms with Crippen molar-refractivity contribution >= 4 is 38.9 Å². The van der Waals surface area contributed by atoms with Gasteiger partial charge in [0.1, 0.15) is 4.88 Å². The topological polar surface area (TPSA) is 38.9 Å². The van der Waals surface area contributed by atoms with Gasteiger partial charge in [0.2, 0.25) is 0 Å². The fraction of sp³-hybridized carbons (Fsp3) is 0.143. The third-order valence-electron chi connectivity index (χ3n) is 1.49. The summed E-state index contributed by atoms with van der Waals surface area (Å²) in [4.78, 5) is 1.18. The molecular formula is C7H4BrClN2OS. The number of rotatable bonds is 1. The first-order chi connectivity index (χ1) is 6.18. The van der Waals surface area contributed by atoms with Gasteiger partial charge in [-0.2, -0.15) is 0 Å². The first-order valence-electron chi connectivity index (χ1n) is 3.41. The van der Waals surface area contributed by atoms with Crippen molar-refractivity contribution in [3.63, 3.8) is 0 Å². The van der Waals surface area contributed by atoms with Crippen molar-refractivity contribution in [3.05, 3.63) is 20.8 Å². The minimum absolute atomic E-state index is 0.365. The van der Waals surface area contributed by atoms with Crippen LogP contribution < -0.4 is 0 Å². The molecule has 0 fully saturated rings. The highest BCUT2D eigenvalue weighted by Crippen LogP contribution is 2.35. The van der Waals surface area contributed by atoms with Gasteiger partial charge in [0.05, 0.1) is 5.02 Å². The van der Waals surface area contributed by atoms with Crippen LogP contribution in [-0.4, -0.2) is 10.2 Å². The average Bonchev–Trinajstić information content (AvgIpc) is 2.62. The second kappa shape index (κ2) is 3.40. The van der Waals surface area contributed by atoms with Gasteiger partial charge in [-0.25, -0.2) is 0 Å². The fourth-order valence-corrected chi connectivity index (χ4v) is 2.30. The van der Waals surface area contributed by atoms with Crippen LogP contribution in [-0.2, 0) is 0 Å². The summed E-state index contributed by atoms with van der Waals surface area (Å²) in [5.41, 5.74) is 1.02. The summed E-state index contributed by atoms with van der Waals surface area (Å²) in [6.45, 7) is 1.94. The molecule has 68 valence electrons. The Bertz CT molecular complexity index is 439. The Morgan fingerprint density at radius 1 is 1.54 bits per heavy atom. The third kappa shape index (κ3) is 1.63. The van der Waals surface area contributed by atoms with Crippen molar-refractivity contribution in [3.8, 4) is 10.8 Å². The van der Waals surface area contributed by atoms with E-state index >= 15 is 0 Å². The molecule has 0 aliphatic carbocycles. The molecular weight excluding hydrogens is 276 g/mol. The Balaban J connectivity index is 2.52. The Morgan fingerprint density at radius 2 is 2.31 bits per heavy atom. The summed E-state index contributed by atoms with van der Waals surface area (Å²) >= 11 is 10.6. The molecule has 13 heavy (non-hydrogen) atoms. The monoisotopic (exact) mass is 278 g/mol. The van der Waals surface area contributed by atoms with Crippen LogP contribution in [0.1, 0.15) is 5.56 Å². The molecule has 0 spiro atoms. The van der Waals surface area contributed by atoms with Crippen LogP contribution in [0.2, 0.25) is 5.02 Å². The van der Waals surface area contributed by atoms with E-state index in [0.717, 1.165) is 10.4 Å². The van der Waals surface area contributed by atoms with Crippen LogP contribution in [0, 0.1) is 6.92 Å². The fourth-order valence-electron chi connectivity index (χ4n) is 0.871. The molecule has 0 unspecified atom stereocenters. The molecule has 0 atom stereocenters. The van der Waals surface area contributed by atoms with Crippen molar-refractivity contribution in [1.82, 2.24) is 10.2 Å². The van der Waals surface area contributed by atoms with Gasteiger partial charge in [-0.05, 0) is 17.9 Å². The molecule has 2 heterocycles. The quantitative estimate of drug-likeness (QED) is 0.801. The zero-order chi connectivity index (χ0) is 9.42. The maximum Gasteiger partial charge on any atom is 0.285 e. The second-order valence-corrected chi connectivity index (χ2v) is 4.36. The van der Waals surface area contributed by atoms with Gasteiger partial charge in [-0.15, -0.1) is 21.5 Å². The molecule has 0 bridgehead atoms. The molecule has 2 rings (SSSR count). The first-order valence-corrected chi connectivity index (χ1v) is 5.46. The van der Waals surface area contributed by atoms with Crippen molar-refractivity contribution in [2.45, 2.75) is 6.92 Å². The van der Waals surface area contributed by atoms with Gasteiger partial charge in [0.25, 0.3) is 10.7 Å². The molecule has 0 aromatic carbocycles. The predicted molar refractivity (Wildman–Crippen MR) is 55.1 cm³/mol. The molecule has 0 aliphatic rings. The SMILES string of the molecule is Cc1csc(-c2nnc(Br)o2)c1Cl. The zero-order valence-corrected chi connectivity index (χ0v) is 9.70. The van der Waals surface area contributed by atoms with Crippen molar-refractivity contribution < 1.29 is 4.42 Å². The normalized spacial score (nSPS) is 10.7. The molecule has 0 aliphatic heterocycles. The molecule has 0 N–H and O–H groups in total. The van der Waals surface area contributed by atoms with E-state index in [1.165, 1.54) is 11.3 Å². The number of thiophene rings is 1. The van der Waals surface area contributed by atoms with E-state index in [0.29, 0.717) is 15.7 Å². The number of nitrogens with zero attached hydrogens (tertiary/aromatic N) is 2. The number of aryl methyl sites for hydroxylation is 1. The highest BCUT2D eigenvalue weighted by Gasteiger charge is 2.14. The van der Waals surface area contributed by atoms with E-state index in [4.69, 9.17) is 16.0 Å². The Hall–Kier alpha value is -0.390. The summed E-state index contributed by atoms with van der Waals surface area (Å²) in [7, 11) is 0. The summed E-state index contributed by atoms with van der Waals surface area (Å²) in [6.07, 6.45) is 0. The van der Waals surface area contributed by atoms with E-state index in [9.17, 15) is 0 Å². The van der Waals surface area contributed by atoms with Gasteiger partial charge < -0.3 is 4.42 Å². The number of halogens is 2. The lowest BCUT2D eigenvalue weighted by atomic mass is 10.3. The van der Waals surface area contributed by atoms with Crippen LogP contribution in [0.25, 0.3) is 10.8 Å². The molecule has 3 nitrogen and oxygen atoms in total. The summed E-state index contributed by atoms with van der Waals surface area (Å²) in [5, 5.41) is 10.1. The molecule has 0 amide bonds. The lowest BCUT2D eigenvalue weighted by Crippen LogP contribution is -1.73. The van der Waals surface area contributed by atoms with Gasteiger partial charge in [-0.1, -0.05) is 11.6 Å². The lowest BCUT2D eigenvalue weighted by Gasteiger charge is -1.89. The molecule has 6 heteroatoms. The zero-order valence-electron chi connectivity index (χ0n) is 6.54. The van der Waals surface area contributed by atoms with Gasteiger partial charge in [-0.3, -0.25) is 0 Å². The minimum atomic E-state index is 0.365. The number of hydrogen-bond acceptors (Lipinski definition) is 4. The molecule has 0 radical (unpaired) electrons. The maximum atomic E-state index is 6.02. The predicted octanol–water partition coefficient (Wildman–Crippen LogP) is 3.52. The summed E-state index contributed by atoms with van der Waals surface area (Å²) in [5.74, 6) is 0.454. The largest absolute Gasteiger partial charge is 0.410 e. The minimum Gasteiger partial charge on any atom is -0.410 e. The van der Waals surface area contributed by atoms with Crippen molar-refractivity contribution in [2.24, 2.45) is 0 Å². The lowest BCUT2D eigenvalue weighted by molar-refractivity contribution is 0.541. The van der Waals surface area contributed by atoms with Crippen LogP contribution >= 0.6 is 38.9 Å². The Labute approximate surface area is 91.9 Å². The standard InChI is InChI=1S/C7H4BrClN2OS/c1-3-2-13-5(4(3)9)6-10-11-7(8)12-6/h2H,1H3. The number of hydrogen-bond donors (Lipinski definition) is 0. The van der Waals surface area contributed by atoms with E-state index in [-0.39, 0.29) is 0 Å². The van der Waals surface area contributed by atoms with E-state index in [2.05, 4.69) is 26.1 Å². The van der Waals surface area contributed by atoms with Crippen LogP contribution in [0.3, 0.4) is 0 Å². The second-order valence-electron chi connectivity index (χ2n) is 2.42. The third-order valence-corrected chi connectivity index (χ3v) is 3.50. The van der Waals surface area contributed by atoms with Gasteiger partial charge >= 0.3 is 0 Å². The summed E-state index contributed by atoms with van der Waals surface area (Å²) in [6, 6.07) is 0. The number of aromatic nitrogens is 2. The van der Waals surface area contributed by atoms with Crippen molar-refractivity contribution in [1.29, 1.82) is 0 Å². The molecule has 2 aromatic heterocycles. The Kier molecular flexibility index (Phi) is 2.40. The van der Waals surface area contributed by atoms with E-state index in [1.54, 1.807) is 0 Å². The first kappa shape index (κ1) is 9.18. The van der Waals surface area contributed by atoms with E-state index in [1.807, 2.05) is 12.3 Å². The maximum absolute atomic E-state index is 6.02. The van der Waals surface area contributed by atoms with Crippen LogP contribution in [0.4, 0.5) is 0 Å². The molecule has 2 aromatic rings. The van der Waals surface area contributed by atoms with Crippen LogP contribution in [0.5, 0.6) is 0 Å². The molecule has 0 saturated heterocycles. The average molecular weight is 280 g/mol. The highest BCUT2D eigenvalue weighted by atomic mass is 79.9. The van der Waals surface area contributed by atoms with Crippen LogP contribution in [0.15, 0.2) is 14.6 Å². The van der Waals surface area contributed by atoms with Gasteiger partial charge in [0.15, 0.2) is 0 Å². The summed E-state index contributed by atoms with van der Waals surface area (Å²) < 4.78 is 5.18. The highest BCUT2D eigenvalue weighted by molar-refractivity contribution is 9.10. The Morgan fingerprint density at radius 3 is 2.77 bits per heavy atom. The van der Waals surface area contributed by atoms with Gasteiger partial charge in [0, 0.05) is 15.9 Å². The molecule has 0 saturated carbocycles. The van der Waals surface area contributed by atoms with E-state index < -0.39 is 0 Å². The van der Waals surface area contributed by atoms with Crippen molar-refractivity contribution in [2.75, 3.05) is 0 Å².